The number of benzene rings is 1. The Kier molecular flexibility index (Phi) is 6.74. The predicted molar refractivity (Wildman–Crippen MR) is 104 cm³/mol. The van der Waals surface area contributed by atoms with Crippen LogP contribution in [0, 0.1) is 18.3 Å². The molecule has 0 aliphatic carbocycles. The fourth-order valence-corrected chi connectivity index (χ4v) is 3.34. The summed E-state index contributed by atoms with van der Waals surface area (Å²) in [6.45, 7) is 4.86. The zero-order valence-electron chi connectivity index (χ0n) is 15.6. The third kappa shape index (κ3) is 4.66. The first-order valence-corrected chi connectivity index (χ1v) is 9.18. The average Bonchev–Trinajstić information content (AvgIpc) is 2.97. The Balaban J connectivity index is 2.13. The van der Waals surface area contributed by atoms with Gasteiger partial charge in [0.05, 0.1) is 17.7 Å². The second-order valence-electron chi connectivity index (χ2n) is 5.75. The smallest absolute Gasteiger partial charge is 0.348 e. The van der Waals surface area contributed by atoms with Crippen molar-refractivity contribution in [1.29, 1.82) is 5.26 Å². The van der Waals surface area contributed by atoms with Gasteiger partial charge >= 0.3 is 11.9 Å². The molecular weight excluding hydrogens is 382 g/mol. The van der Waals surface area contributed by atoms with E-state index in [1.54, 1.807) is 26.0 Å². The molecule has 28 heavy (non-hydrogen) atoms. The van der Waals surface area contributed by atoms with Gasteiger partial charge in [-0.1, -0.05) is 6.07 Å². The van der Waals surface area contributed by atoms with Crippen LogP contribution in [0.1, 0.15) is 45.0 Å². The van der Waals surface area contributed by atoms with Crippen LogP contribution in [0.5, 0.6) is 0 Å². The highest BCUT2D eigenvalue weighted by Gasteiger charge is 2.25. The molecule has 9 heteroatoms. The molecule has 0 aliphatic rings. The highest BCUT2D eigenvalue weighted by molar-refractivity contribution is 7.18. The Hall–Kier alpha value is -3.38. The number of nitrogen functional groups attached to an aromatic ring is 1. The molecular formula is C19H19N3O5S. The monoisotopic (exact) mass is 401 g/mol. The van der Waals surface area contributed by atoms with Gasteiger partial charge in [-0.2, -0.15) is 5.26 Å². The van der Waals surface area contributed by atoms with Gasteiger partial charge in [-0.3, -0.25) is 4.79 Å². The van der Waals surface area contributed by atoms with E-state index >= 15 is 0 Å². The summed E-state index contributed by atoms with van der Waals surface area (Å²) >= 11 is 0.936. The van der Waals surface area contributed by atoms with Crippen molar-refractivity contribution in [2.24, 2.45) is 0 Å². The fourth-order valence-electron chi connectivity index (χ4n) is 2.29. The largest absolute Gasteiger partial charge is 0.462 e. The third-order valence-electron chi connectivity index (χ3n) is 3.73. The normalized spacial score (nSPS) is 11.2. The number of hydrogen-bond donors (Lipinski definition) is 2. The Morgan fingerprint density at radius 2 is 2.04 bits per heavy atom. The minimum Gasteiger partial charge on any atom is -0.462 e. The standard InChI is InChI=1S/C19H19N3O5S/c1-4-26-19(25)15-10(2)14(9-20)17(28-15)22-16(23)11(3)27-18(24)12-6-5-7-13(21)8-12/h5-8,11H,4,21H2,1-3H3,(H,22,23). The minimum atomic E-state index is -1.13. The lowest BCUT2D eigenvalue weighted by Crippen LogP contribution is -2.30. The van der Waals surface area contributed by atoms with E-state index in [0.29, 0.717) is 11.3 Å². The summed E-state index contributed by atoms with van der Waals surface area (Å²) in [7, 11) is 0. The van der Waals surface area contributed by atoms with E-state index in [4.69, 9.17) is 15.2 Å². The summed E-state index contributed by atoms with van der Waals surface area (Å²) in [5.74, 6) is -1.90. The number of carbonyl (C=O) groups is 3. The number of hydrogen-bond acceptors (Lipinski definition) is 8. The summed E-state index contributed by atoms with van der Waals surface area (Å²) in [6, 6.07) is 8.14. The summed E-state index contributed by atoms with van der Waals surface area (Å²) in [4.78, 5) is 36.8. The fraction of sp³-hybridized carbons (Fsp3) is 0.263. The maximum atomic E-state index is 12.4. The Labute approximate surface area is 165 Å². The second kappa shape index (κ2) is 9.01. The number of anilines is 2. The van der Waals surface area contributed by atoms with Crippen molar-refractivity contribution >= 4 is 39.9 Å². The van der Waals surface area contributed by atoms with Gasteiger partial charge in [0, 0.05) is 5.69 Å². The van der Waals surface area contributed by atoms with Gasteiger partial charge in [0.1, 0.15) is 15.9 Å². The van der Waals surface area contributed by atoms with Crippen LogP contribution in [0.15, 0.2) is 24.3 Å². The van der Waals surface area contributed by atoms with Crippen molar-refractivity contribution in [3.8, 4) is 6.07 Å². The van der Waals surface area contributed by atoms with Gasteiger partial charge in [-0.25, -0.2) is 9.59 Å². The maximum Gasteiger partial charge on any atom is 0.348 e. The van der Waals surface area contributed by atoms with Gasteiger partial charge in [0.25, 0.3) is 5.91 Å². The molecule has 0 radical (unpaired) electrons. The van der Waals surface area contributed by atoms with Crippen LogP contribution in [0.25, 0.3) is 0 Å². The number of ether oxygens (including phenoxy) is 2. The number of nitrogens with two attached hydrogens (primary N) is 1. The zero-order chi connectivity index (χ0) is 20.8. The van der Waals surface area contributed by atoms with E-state index in [0.717, 1.165) is 11.3 Å². The highest BCUT2D eigenvalue weighted by Crippen LogP contribution is 2.33. The molecule has 8 nitrogen and oxygen atoms in total. The third-order valence-corrected chi connectivity index (χ3v) is 4.92. The van der Waals surface area contributed by atoms with Crippen molar-refractivity contribution in [2.45, 2.75) is 26.9 Å². The molecule has 1 atom stereocenters. The first-order valence-electron chi connectivity index (χ1n) is 8.36. The molecule has 1 unspecified atom stereocenters. The molecule has 1 amide bonds. The van der Waals surface area contributed by atoms with Crippen LogP contribution in [-0.2, 0) is 14.3 Å². The molecule has 0 spiro atoms. The number of esters is 2. The summed E-state index contributed by atoms with van der Waals surface area (Å²) in [5, 5.41) is 12.1. The van der Waals surface area contributed by atoms with Gasteiger partial charge in [-0.05, 0) is 44.5 Å². The minimum absolute atomic E-state index is 0.163. The first-order chi connectivity index (χ1) is 13.3. The van der Waals surface area contributed by atoms with E-state index in [-0.39, 0.29) is 27.6 Å². The van der Waals surface area contributed by atoms with Gasteiger partial charge in [-0.15, -0.1) is 11.3 Å². The van der Waals surface area contributed by atoms with E-state index in [1.165, 1.54) is 19.1 Å². The van der Waals surface area contributed by atoms with E-state index in [9.17, 15) is 19.6 Å². The number of amides is 1. The number of nitriles is 1. The highest BCUT2D eigenvalue weighted by atomic mass is 32.1. The summed E-state index contributed by atoms with van der Waals surface area (Å²) in [5.41, 5.74) is 6.82. The van der Waals surface area contributed by atoms with Crippen LogP contribution < -0.4 is 11.1 Å². The molecule has 0 saturated carbocycles. The van der Waals surface area contributed by atoms with E-state index in [2.05, 4.69) is 5.32 Å². The number of carbonyl (C=O) groups excluding carboxylic acids is 3. The van der Waals surface area contributed by atoms with Crippen molar-refractivity contribution in [3.63, 3.8) is 0 Å². The molecule has 146 valence electrons. The Morgan fingerprint density at radius 3 is 2.64 bits per heavy atom. The molecule has 0 fully saturated rings. The van der Waals surface area contributed by atoms with Crippen molar-refractivity contribution in [3.05, 3.63) is 45.8 Å². The van der Waals surface area contributed by atoms with Crippen molar-refractivity contribution < 1.29 is 23.9 Å². The summed E-state index contributed by atoms with van der Waals surface area (Å²) < 4.78 is 10.1. The summed E-state index contributed by atoms with van der Waals surface area (Å²) in [6.07, 6.45) is -1.13. The Bertz CT molecular complexity index is 961. The molecule has 3 N–H and O–H groups in total. The number of nitrogens with one attached hydrogen (secondary N) is 1. The van der Waals surface area contributed by atoms with Crippen LogP contribution in [-0.4, -0.2) is 30.6 Å². The van der Waals surface area contributed by atoms with Crippen LogP contribution in [0.3, 0.4) is 0 Å². The van der Waals surface area contributed by atoms with Crippen LogP contribution in [0.2, 0.25) is 0 Å². The quantitative estimate of drug-likeness (QED) is 0.562. The van der Waals surface area contributed by atoms with E-state index < -0.39 is 23.9 Å². The lowest BCUT2D eigenvalue weighted by atomic mass is 10.1. The maximum absolute atomic E-state index is 12.4. The van der Waals surface area contributed by atoms with Gasteiger partial charge in [0.2, 0.25) is 0 Å². The Morgan fingerprint density at radius 1 is 1.32 bits per heavy atom. The van der Waals surface area contributed by atoms with Gasteiger partial charge < -0.3 is 20.5 Å². The molecule has 1 heterocycles. The lowest BCUT2D eigenvalue weighted by Gasteiger charge is -2.13. The van der Waals surface area contributed by atoms with E-state index in [1.807, 2.05) is 6.07 Å². The second-order valence-corrected chi connectivity index (χ2v) is 6.78. The molecule has 2 aromatic rings. The van der Waals surface area contributed by atoms with Crippen molar-refractivity contribution in [1.82, 2.24) is 0 Å². The topological polar surface area (TPSA) is 132 Å². The van der Waals surface area contributed by atoms with Crippen LogP contribution in [0.4, 0.5) is 10.7 Å². The average molecular weight is 401 g/mol. The molecule has 2 rings (SSSR count). The number of rotatable bonds is 6. The van der Waals surface area contributed by atoms with Crippen LogP contribution >= 0.6 is 11.3 Å². The molecule has 1 aromatic heterocycles. The molecule has 0 aliphatic heterocycles. The number of nitrogens with zero attached hydrogens (tertiary/aromatic N) is 1. The van der Waals surface area contributed by atoms with Crippen molar-refractivity contribution in [2.75, 3.05) is 17.7 Å². The molecule has 1 aromatic carbocycles. The van der Waals surface area contributed by atoms with Gasteiger partial charge in [0.15, 0.2) is 6.10 Å². The number of thiophene rings is 1. The molecule has 0 bridgehead atoms. The SMILES string of the molecule is CCOC(=O)c1sc(NC(=O)C(C)OC(=O)c2cccc(N)c2)c(C#N)c1C. The molecule has 0 saturated heterocycles. The predicted octanol–water partition coefficient (Wildman–Crippen LogP) is 2.87. The zero-order valence-corrected chi connectivity index (χ0v) is 16.4. The first kappa shape index (κ1) is 20.9. The lowest BCUT2D eigenvalue weighted by molar-refractivity contribution is -0.123.